The van der Waals surface area contributed by atoms with Gasteiger partial charge in [0, 0.05) is 9.50 Å². The van der Waals surface area contributed by atoms with Crippen molar-refractivity contribution in [1.82, 2.24) is 0 Å². The van der Waals surface area contributed by atoms with Crippen LogP contribution < -0.4 is 0 Å². The zero-order valence-electron chi connectivity index (χ0n) is 10.1. The fourth-order valence-electron chi connectivity index (χ4n) is 1.81. The van der Waals surface area contributed by atoms with Gasteiger partial charge in [-0.25, -0.2) is 4.39 Å². The third-order valence-electron chi connectivity index (χ3n) is 2.77. The first-order chi connectivity index (χ1) is 9.52. The van der Waals surface area contributed by atoms with Gasteiger partial charge in [0.2, 0.25) is 0 Å². The second-order valence-electron chi connectivity index (χ2n) is 4.11. The van der Waals surface area contributed by atoms with E-state index in [1.54, 1.807) is 24.3 Å². The molecular formula is C15H8BrClFNO. The highest BCUT2D eigenvalue weighted by Crippen LogP contribution is 2.25. The second kappa shape index (κ2) is 6.17. The van der Waals surface area contributed by atoms with Gasteiger partial charge >= 0.3 is 0 Å². The number of nitrogens with zero attached hydrogens (tertiary/aromatic N) is 1. The molecule has 0 aliphatic carbocycles. The van der Waals surface area contributed by atoms with E-state index in [2.05, 4.69) is 15.9 Å². The number of hydrogen-bond donors (Lipinski definition) is 0. The molecule has 0 aliphatic rings. The van der Waals surface area contributed by atoms with E-state index >= 15 is 0 Å². The van der Waals surface area contributed by atoms with E-state index in [4.69, 9.17) is 11.6 Å². The number of halogens is 3. The van der Waals surface area contributed by atoms with Gasteiger partial charge in [-0.15, -0.1) is 0 Å². The van der Waals surface area contributed by atoms with Gasteiger partial charge in [-0.05, 0) is 35.9 Å². The molecule has 5 heteroatoms. The van der Waals surface area contributed by atoms with E-state index in [1.165, 1.54) is 12.1 Å². The predicted octanol–water partition coefficient (Wildman–Crippen LogP) is 4.73. The highest BCUT2D eigenvalue weighted by atomic mass is 79.9. The molecule has 0 fully saturated rings. The van der Waals surface area contributed by atoms with Crippen LogP contribution in [0.1, 0.15) is 21.8 Å². The summed E-state index contributed by atoms with van der Waals surface area (Å²) >= 11 is 9.05. The molecule has 0 spiro atoms. The van der Waals surface area contributed by atoms with Crippen molar-refractivity contribution in [2.24, 2.45) is 0 Å². The van der Waals surface area contributed by atoms with Crippen molar-refractivity contribution in [3.63, 3.8) is 0 Å². The van der Waals surface area contributed by atoms with Crippen LogP contribution in [0.5, 0.6) is 0 Å². The van der Waals surface area contributed by atoms with Crippen LogP contribution in [-0.2, 0) is 0 Å². The van der Waals surface area contributed by atoms with Crippen molar-refractivity contribution in [1.29, 1.82) is 5.26 Å². The average Bonchev–Trinajstić information content (AvgIpc) is 2.42. The molecule has 0 saturated heterocycles. The SMILES string of the molecule is N#CC(C(=O)c1cc(Cl)ccc1F)c1cccc(Br)c1. The third kappa shape index (κ3) is 3.06. The summed E-state index contributed by atoms with van der Waals surface area (Å²) in [5, 5.41) is 9.47. The maximum absolute atomic E-state index is 13.7. The van der Waals surface area contributed by atoms with Crippen LogP contribution >= 0.6 is 27.5 Å². The van der Waals surface area contributed by atoms with Crippen molar-refractivity contribution >= 4 is 33.3 Å². The van der Waals surface area contributed by atoms with Gasteiger partial charge in [0.1, 0.15) is 11.7 Å². The number of carbonyl (C=O) groups excluding carboxylic acids is 1. The van der Waals surface area contributed by atoms with Gasteiger partial charge in [-0.2, -0.15) is 5.26 Å². The molecule has 2 rings (SSSR count). The smallest absolute Gasteiger partial charge is 0.187 e. The van der Waals surface area contributed by atoms with Crippen LogP contribution in [-0.4, -0.2) is 5.78 Å². The lowest BCUT2D eigenvalue weighted by Gasteiger charge is -2.10. The van der Waals surface area contributed by atoms with Crippen LogP contribution in [0, 0.1) is 17.1 Å². The molecule has 0 aromatic heterocycles. The van der Waals surface area contributed by atoms with Crippen LogP contribution in [0.25, 0.3) is 0 Å². The largest absolute Gasteiger partial charge is 0.292 e. The highest BCUT2D eigenvalue weighted by molar-refractivity contribution is 9.10. The normalized spacial score (nSPS) is 11.7. The van der Waals surface area contributed by atoms with E-state index < -0.39 is 17.5 Å². The zero-order valence-corrected chi connectivity index (χ0v) is 12.5. The monoisotopic (exact) mass is 351 g/mol. The van der Waals surface area contributed by atoms with Crippen LogP contribution in [0.3, 0.4) is 0 Å². The fourth-order valence-corrected chi connectivity index (χ4v) is 2.40. The average molecular weight is 353 g/mol. The van der Waals surface area contributed by atoms with Crippen LogP contribution in [0.2, 0.25) is 5.02 Å². The highest BCUT2D eigenvalue weighted by Gasteiger charge is 2.24. The number of benzene rings is 2. The molecular weight excluding hydrogens is 345 g/mol. The third-order valence-corrected chi connectivity index (χ3v) is 3.50. The van der Waals surface area contributed by atoms with Gasteiger partial charge in [0.15, 0.2) is 5.78 Å². The summed E-state index contributed by atoms with van der Waals surface area (Å²) in [6.45, 7) is 0. The topological polar surface area (TPSA) is 40.9 Å². The Morgan fingerprint density at radius 3 is 2.70 bits per heavy atom. The lowest BCUT2D eigenvalue weighted by atomic mass is 9.92. The molecule has 0 radical (unpaired) electrons. The molecule has 20 heavy (non-hydrogen) atoms. The van der Waals surface area contributed by atoms with E-state index in [0.29, 0.717) is 5.56 Å². The Hall–Kier alpha value is -1.70. The number of nitriles is 1. The fraction of sp³-hybridized carbons (Fsp3) is 0.0667. The van der Waals surface area contributed by atoms with Crippen LogP contribution in [0.15, 0.2) is 46.9 Å². The first kappa shape index (κ1) is 14.7. The quantitative estimate of drug-likeness (QED) is 0.749. The maximum Gasteiger partial charge on any atom is 0.187 e. The minimum absolute atomic E-state index is 0.177. The van der Waals surface area contributed by atoms with Gasteiger partial charge in [-0.1, -0.05) is 39.7 Å². The summed E-state index contributed by atoms with van der Waals surface area (Å²) in [5.74, 6) is -2.36. The summed E-state index contributed by atoms with van der Waals surface area (Å²) in [4.78, 5) is 12.3. The van der Waals surface area contributed by atoms with E-state index in [-0.39, 0.29) is 10.6 Å². The Morgan fingerprint density at radius 2 is 2.05 bits per heavy atom. The molecule has 1 unspecified atom stereocenters. The first-order valence-corrected chi connectivity index (χ1v) is 6.84. The molecule has 2 aromatic rings. The van der Waals surface area contributed by atoms with E-state index in [1.807, 2.05) is 6.07 Å². The van der Waals surface area contributed by atoms with Gasteiger partial charge in [-0.3, -0.25) is 4.79 Å². The molecule has 0 aliphatic heterocycles. The first-order valence-electron chi connectivity index (χ1n) is 5.67. The Balaban J connectivity index is 2.45. The maximum atomic E-state index is 13.7. The molecule has 1 atom stereocenters. The number of carbonyl (C=O) groups is 1. The molecule has 2 nitrogen and oxygen atoms in total. The lowest BCUT2D eigenvalue weighted by molar-refractivity contribution is 0.0975. The molecule has 0 N–H and O–H groups in total. The van der Waals surface area contributed by atoms with Gasteiger partial charge < -0.3 is 0 Å². The molecule has 0 saturated carbocycles. The number of ketones is 1. The van der Waals surface area contributed by atoms with Crippen LogP contribution in [0.4, 0.5) is 4.39 Å². The summed E-state index contributed by atoms with van der Waals surface area (Å²) in [7, 11) is 0. The van der Waals surface area contributed by atoms with Gasteiger partial charge in [0.25, 0.3) is 0 Å². The van der Waals surface area contributed by atoms with E-state index in [9.17, 15) is 14.4 Å². The number of Topliss-reactive ketones (excluding diaryl/α,β-unsaturated/α-hetero) is 1. The van der Waals surface area contributed by atoms with Crippen molar-refractivity contribution in [3.8, 4) is 6.07 Å². The minimum Gasteiger partial charge on any atom is -0.292 e. The van der Waals surface area contributed by atoms with Crippen molar-refractivity contribution < 1.29 is 9.18 Å². The molecule has 0 bridgehead atoms. The summed E-state index contributed by atoms with van der Waals surface area (Å²) in [6.07, 6.45) is 0. The Labute approximate surface area is 128 Å². The predicted molar refractivity (Wildman–Crippen MR) is 78.2 cm³/mol. The second-order valence-corrected chi connectivity index (χ2v) is 5.46. The Bertz CT molecular complexity index is 711. The molecule has 0 amide bonds. The Kier molecular flexibility index (Phi) is 4.53. The minimum atomic E-state index is -1.07. The van der Waals surface area contributed by atoms with Crippen molar-refractivity contribution in [3.05, 3.63) is 68.9 Å². The van der Waals surface area contributed by atoms with Crippen molar-refractivity contribution in [2.45, 2.75) is 5.92 Å². The standard InChI is InChI=1S/C15H8BrClFNO/c16-10-3-1-2-9(6-10)13(8-19)15(20)12-7-11(17)4-5-14(12)18/h1-7,13H. The van der Waals surface area contributed by atoms with Gasteiger partial charge in [0.05, 0.1) is 11.6 Å². The van der Waals surface area contributed by atoms with E-state index in [0.717, 1.165) is 10.5 Å². The molecule has 100 valence electrons. The number of rotatable bonds is 3. The lowest BCUT2D eigenvalue weighted by Crippen LogP contribution is -2.13. The number of hydrogen-bond acceptors (Lipinski definition) is 2. The molecule has 2 aromatic carbocycles. The summed E-state index contributed by atoms with van der Waals surface area (Å²) < 4.78 is 14.5. The zero-order chi connectivity index (χ0) is 14.7. The summed E-state index contributed by atoms with van der Waals surface area (Å²) in [6, 6.07) is 12.4. The summed E-state index contributed by atoms with van der Waals surface area (Å²) in [5.41, 5.74) is 0.329. The Morgan fingerprint density at radius 1 is 1.30 bits per heavy atom. The van der Waals surface area contributed by atoms with Crippen molar-refractivity contribution in [2.75, 3.05) is 0 Å². The molecule has 0 heterocycles.